The van der Waals surface area contributed by atoms with Crippen LogP contribution in [0.5, 0.6) is 0 Å². The molecule has 1 amide bonds. The highest BCUT2D eigenvalue weighted by Crippen LogP contribution is 2.15. The van der Waals surface area contributed by atoms with E-state index in [4.69, 9.17) is 4.52 Å². The number of aromatic nitrogens is 2. The van der Waals surface area contributed by atoms with E-state index in [9.17, 15) is 14.9 Å². The summed E-state index contributed by atoms with van der Waals surface area (Å²) in [7, 11) is 0. The number of nitro benzene ring substituents is 1. The van der Waals surface area contributed by atoms with E-state index in [1.165, 1.54) is 12.1 Å². The summed E-state index contributed by atoms with van der Waals surface area (Å²) in [6, 6.07) is 6.11. The van der Waals surface area contributed by atoms with Gasteiger partial charge in [0, 0.05) is 49.7 Å². The molecular formula is C16H21N5O4. The Morgan fingerprint density at radius 1 is 1.28 bits per heavy atom. The van der Waals surface area contributed by atoms with E-state index < -0.39 is 4.92 Å². The summed E-state index contributed by atoms with van der Waals surface area (Å²) in [5, 5.41) is 20.3. The Hall–Kier alpha value is -2.97. The number of hydrogen-bond donors (Lipinski definition) is 2. The molecule has 0 bridgehead atoms. The molecule has 0 saturated heterocycles. The zero-order valence-electron chi connectivity index (χ0n) is 14.2. The van der Waals surface area contributed by atoms with Gasteiger partial charge in [0.05, 0.1) is 4.92 Å². The van der Waals surface area contributed by atoms with Crippen LogP contribution >= 0.6 is 0 Å². The van der Waals surface area contributed by atoms with Crippen molar-refractivity contribution < 1.29 is 14.2 Å². The first kappa shape index (κ1) is 18.4. The Morgan fingerprint density at radius 2 is 2.00 bits per heavy atom. The van der Waals surface area contributed by atoms with Gasteiger partial charge in [0.1, 0.15) is 0 Å². The van der Waals surface area contributed by atoms with Crippen molar-refractivity contribution in [3.05, 3.63) is 46.1 Å². The van der Waals surface area contributed by atoms with Crippen LogP contribution in [0, 0.1) is 10.1 Å². The molecule has 9 nitrogen and oxygen atoms in total. The summed E-state index contributed by atoms with van der Waals surface area (Å²) in [6.45, 7) is 4.90. The third-order valence-corrected chi connectivity index (χ3v) is 3.42. The lowest BCUT2D eigenvalue weighted by molar-refractivity contribution is -0.384. The largest absolute Gasteiger partial charge is 0.383 e. The van der Waals surface area contributed by atoms with Gasteiger partial charge in [0.2, 0.25) is 11.8 Å². The fourth-order valence-electron chi connectivity index (χ4n) is 2.02. The van der Waals surface area contributed by atoms with Crippen LogP contribution in [0.4, 0.5) is 11.4 Å². The minimum atomic E-state index is -0.447. The molecule has 0 aliphatic heterocycles. The molecule has 0 fully saturated rings. The first-order chi connectivity index (χ1) is 12.0. The average molecular weight is 347 g/mol. The fourth-order valence-corrected chi connectivity index (χ4v) is 2.02. The number of carbonyl (C=O) groups is 1. The van der Waals surface area contributed by atoms with Gasteiger partial charge in [-0.15, -0.1) is 0 Å². The van der Waals surface area contributed by atoms with Gasteiger partial charge in [-0.2, -0.15) is 4.98 Å². The number of nitrogens with one attached hydrogen (secondary N) is 2. The van der Waals surface area contributed by atoms with Crippen molar-refractivity contribution in [3.63, 3.8) is 0 Å². The molecular weight excluding hydrogens is 326 g/mol. The molecule has 0 atom stereocenters. The van der Waals surface area contributed by atoms with Crippen molar-refractivity contribution in [1.29, 1.82) is 0 Å². The van der Waals surface area contributed by atoms with Crippen molar-refractivity contribution in [2.45, 2.75) is 32.6 Å². The summed E-state index contributed by atoms with van der Waals surface area (Å²) in [6.07, 6.45) is 0.679. The quantitative estimate of drug-likeness (QED) is 0.405. The lowest BCUT2D eigenvalue weighted by Gasteiger charge is -2.07. The maximum absolute atomic E-state index is 11.8. The van der Waals surface area contributed by atoms with Crippen LogP contribution in [-0.4, -0.2) is 34.1 Å². The van der Waals surface area contributed by atoms with Gasteiger partial charge in [-0.25, -0.2) is 0 Å². The summed E-state index contributed by atoms with van der Waals surface area (Å²) in [5.74, 6) is 1.19. The van der Waals surface area contributed by atoms with Gasteiger partial charge in [-0.05, 0) is 12.1 Å². The van der Waals surface area contributed by atoms with Gasteiger partial charge in [0.25, 0.3) is 5.69 Å². The Labute approximate surface area is 145 Å². The van der Waals surface area contributed by atoms with Crippen LogP contribution in [0.2, 0.25) is 0 Å². The van der Waals surface area contributed by atoms with Crippen LogP contribution in [0.15, 0.2) is 28.8 Å². The van der Waals surface area contributed by atoms with Gasteiger partial charge in [-0.1, -0.05) is 19.0 Å². The van der Waals surface area contributed by atoms with Gasteiger partial charge in [0.15, 0.2) is 5.82 Å². The van der Waals surface area contributed by atoms with Crippen molar-refractivity contribution in [1.82, 2.24) is 15.5 Å². The molecule has 2 N–H and O–H groups in total. The number of rotatable bonds is 9. The Kier molecular flexibility index (Phi) is 6.44. The first-order valence-corrected chi connectivity index (χ1v) is 8.03. The molecule has 2 aromatic rings. The monoisotopic (exact) mass is 347 g/mol. The highest BCUT2D eigenvalue weighted by molar-refractivity contribution is 5.76. The number of benzene rings is 1. The third-order valence-electron chi connectivity index (χ3n) is 3.42. The third kappa shape index (κ3) is 5.87. The standard InChI is InChI=1S/C16H21N5O4/c1-11(2)16-19-15(25-20-16)8-7-14(22)18-10-9-17-12-3-5-13(6-4-12)21(23)24/h3-6,11,17H,7-10H2,1-2H3,(H,18,22). The van der Waals surface area contributed by atoms with E-state index >= 15 is 0 Å². The van der Waals surface area contributed by atoms with Crippen LogP contribution < -0.4 is 10.6 Å². The molecule has 134 valence electrons. The van der Waals surface area contributed by atoms with Crippen LogP contribution in [0.1, 0.15) is 37.9 Å². The molecule has 1 heterocycles. The van der Waals surface area contributed by atoms with Crippen LogP contribution in [-0.2, 0) is 11.2 Å². The number of aryl methyl sites for hydroxylation is 1. The number of anilines is 1. The molecule has 2 rings (SSSR count). The summed E-state index contributed by atoms with van der Waals surface area (Å²) in [4.78, 5) is 26.1. The topological polar surface area (TPSA) is 123 Å². The molecule has 1 aromatic heterocycles. The SMILES string of the molecule is CC(C)c1noc(CCC(=O)NCCNc2ccc([N+](=O)[O-])cc2)n1. The Balaban J connectivity index is 1.64. The second-order valence-electron chi connectivity index (χ2n) is 5.78. The number of nitrogens with zero attached hydrogens (tertiary/aromatic N) is 3. The summed E-state index contributed by atoms with van der Waals surface area (Å²) in [5.41, 5.74) is 0.799. The minimum absolute atomic E-state index is 0.0421. The average Bonchev–Trinajstić information content (AvgIpc) is 3.06. The van der Waals surface area contributed by atoms with Crippen LogP contribution in [0.25, 0.3) is 0 Å². The number of non-ortho nitro benzene ring substituents is 1. The van der Waals surface area contributed by atoms with Gasteiger partial charge >= 0.3 is 0 Å². The van der Waals surface area contributed by atoms with E-state index in [0.717, 1.165) is 5.69 Å². The maximum Gasteiger partial charge on any atom is 0.269 e. The predicted molar refractivity (Wildman–Crippen MR) is 91.3 cm³/mol. The molecule has 25 heavy (non-hydrogen) atoms. The predicted octanol–water partition coefficient (Wildman–Crippen LogP) is 2.26. The lowest BCUT2D eigenvalue weighted by Crippen LogP contribution is -2.28. The number of nitro groups is 1. The van der Waals surface area contributed by atoms with Gasteiger partial charge < -0.3 is 15.2 Å². The molecule has 0 aliphatic carbocycles. The van der Waals surface area contributed by atoms with E-state index in [1.807, 2.05) is 13.8 Å². The molecule has 0 spiro atoms. The number of carbonyl (C=O) groups excluding carboxylic acids is 1. The van der Waals surface area contributed by atoms with Crippen molar-refractivity contribution in [2.24, 2.45) is 0 Å². The fraction of sp³-hybridized carbons (Fsp3) is 0.438. The maximum atomic E-state index is 11.8. The van der Waals surface area contributed by atoms with E-state index in [-0.39, 0.29) is 23.9 Å². The van der Waals surface area contributed by atoms with E-state index in [0.29, 0.717) is 31.2 Å². The second-order valence-corrected chi connectivity index (χ2v) is 5.78. The number of hydrogen-bond acceptors (Lipinski definition) is 7. The van der Waals surface area contributed by atoms with Crippen molar-refractivity contribution in [3.8, 4) is 0 Å². The zero-order chi connectivity index (χ0) is 18.2. The van der Waals surface area contributed by atoms with Crippen LogP contribution in [0.3, 0.4) is 0 Å². The molecule has 0 aliphatic rings. The van der Waals surface area contributed by atoms with Crippen molar-refractivity contribution >= 4 is 17.3 Å². The lowest BCUT2D eigenvalue weighted by atomic mass is 10.2. The first-order valence-electron chi connectivity index (χ1n) is 8.03. The van der Waals surface area contributed by atoms with Crippen molar-refractivity contribution in [2.75, 3.05) is 18.4 Å². The summed E-state index contributed by atoms with van der Waals surface area (Å²) >= 11 is 0. The summed E-state index contributed by atoms with van der Waals surface area (Å²) < 4.78 is 5.08. The van der Waals surface area contributed by atoms with Gasteiger partial charge in [-0.3, -0.25) is 14.9 Å². The molecule has 0 saturated carbocycles. The Bertz CT molecular complexity index is 712. The van der Waals surface area contributed by atoms with E-state index in [1.54, 1.807) is 12.1 Å². The van der Waals surface area contributed by atoms with E-state index in [2.05, 4.69) is 20.8 Å². The minimum Gasteiger partial charge on any atom is -0.383 e. The molecule has 1 aromatic carbocycles. The molecule has 0 unspecified atom stereocenters. The molecule has 9 heteroatoms. The zero-order valence-corrected chi connectivity index (χ0v) is 14.2. The number of amides is 1. The highest BCUT2D eigenvalue weighted by Gasteiger charge is 2.11. The smallest absolute Gasteiger partial charge is 0.269 e. The highest BCUT2D eigenvalue weighted by atomic mass is 16.6. The normalized spacial score (nSPS) is 10.7. The second kappa shape index (κ2) is 8.76. The molecule has 0 radical (unpaired) electrons. The Morgan fingerprint density at radius 3 is 2.60 bits per heavy atom.